The SMILES string of the molecule is CCCN(CC1CC1)c1cc(Cl)ccc1CBr. The second-order valence-corrected chi connectivity index (χ2v) is 5.79. The molecule has 1 fully saturated rings. The third kappa shape index (κ3) is 3.62. The van der Waals surface area contributed by atoms with Crippen molar-refractivity contribution in [2.75, 3.05) is 18.0 Å². The smallest absolute Gasteiger partial charge is 0.0426 e. The number of benzene rings is 1. The molecule has 0 heterocycles. The highest BCUT2D eigenvalue weighted by atomic mass is 79.9. The summed E-state index contributed by atoms with van der Waals surface area (Å²) in [6.07, 6.45) is 3.97. The Balaban J connectivity index is 2.22. The van der Waals surface area contributed by atoms with E-state index in [1.807, 2.05) is 6.07 Å². The molecule has 94 valence electrons. The zero-order valence-corrected chi connectivity index (χ0v) is 12.6. The van der Waals surface area contributed by atoms with Gasteiger partial charge in [0.1, 0.15) is 0 Å². The van der Waals surface area contributed by atoms with Gasteiger partial charge < -0.3 is 4.90 Å². The second kappa shape index (κ2) is 6.10. The van der Waals surface area contributed by atoms with Crippen LogP contribution >= 0.6 is 27.5 Å². The van der Waals surface area contributed by atoms with Crippen molar-refractivity contribution >= 4 is 33.2 Å². The lowest BCUT2D eigenvalue weighted by Gasteiger charge is -2.26. The lowest BCUT2D eigenvalue weighted by atomic mass is 10.1. The molecule has 17 heavy (non-hydrogen) atoms. The monoisotopic (exact) mass is 315 g/mol. The molecule has 0 radical (unpaired) electrons. The van der Waals surface area contributed by atoms with Crippen molar-refractivity contribution in [1.82, 2.24) is 0 Å². The van der Waals surface area contributed by atoms with Crippen LogP contribution in [-0.4, -0.2) is 13.1 Å². The van der Waals surface area contributed by atoms with Crippen LogP contribution in [0.5, 0.6) is 0 Å². The quantitative estimate of drug-likeness (QED) is 0.677. The summed E-state index contributed by atoms with van der Waals surface area (Å²) in [6.45, 7) is 4.54. The second-order valence-electron chi connectivity index (χ2n) is 4.80. The molecule has 0 atom stereocenters. The number of hydrogen-bond acceptors (Lipinski definition) is 1. The Kier molecular flexibility index (Phi) is 4.75. The van der Waals surface area contributed by atoms with Crippen LogP contribution in [0, 0.1) is 5.92 Å². The van der Waals surface area contributed by atoms with Gasteiger partial charge in [-0.2, -0.15) is 0 Å². The number of nitrogens with zero attached hydrogens (tertiary/aromatic N) is 1. The molecule has 0 spiro atoms. The third-order valence-electron chi connectivity index (χ3n) is 3.20. The summed E-state index contributed by atoms with van der Waals surface area (Å²) in [5.74, 6) is 0.906. The summed E-state index contributed by atoms with van der Waals surface area (Å²) in [7, 11) is 0. The molecule has 1 aromatic carbocycles. The van der Waals surface area contributed by atoms with E-state index in [2.05, 4.69) is 39.9 Å². The molecular formula is C14H19BrClN. The number of hydrogen-bond donors (Lipinski definition) is 0. The lowest BCUT2D eigenvalue weighted by Crippen LogP contribution is -2.27. The van der Waals surface area contributed by atoms with E-state index >= 15 is 0 Å². The van der Waals surface area contributed by atoms with Crippen LogP contribution in [-0.2, 0) is 5.33 Å². The summed E-state index contributed by atoms with van der Waals surface area (Å²) in [5.41, 5.74) is 2.65. The van der Waals surface area contributed by atoms with E-state index in [0.29, 0.717) is 0 Å². The van der Waals surface area contributed by atoms with Crippen LogP contribution in [0.4, 0.5) is 5.69 Å². The fourth-order valence-corrected chi connectivity index (χ4v) is 2.78. The Bertz CT molecular complexity index is 376. The summed E-state index contributed by atoms with van der Waals surface area (Å²) in [4.78, 5) is 2.50. The molecule has 3 heteroatoms. The normalized spacial score (nSPS) is 15.0. The minimum Gasteiger partial charge on any atom is -0.371 e. The van der Waals surface area contributed by atoms with Gasteiger partial charge in [-0.25, -0.2) is 0 Å². The molecular weight excluding hydrogens is 298 g/mol. The van der Waals surface area contributed by atoms with Crippen LogP contribution in [0.15, 0.2) is 18.2 Å². The van der Waals surface area contributed by atoms with Crippen molar-refractivity contribution < 1.29 is 0 Å². The first-order valence-corrected chi connectivity index (χ1v) is 7.84. The average molecular weight is 317 g/mol. The van der Waals surface area contributed by atoms with Crippen LogP contribution in [0.25, 0.3) is 0 Å². The highest BCUT2D eigenvalue weighted by molar-refractivity contribution is 9.08. The molecule has 0 aromatic heterocycles. The Labute approximate surface area is 117 Å². The van der Waals surface area contributed by atoms with Gasteiger partial charge in [0.05, 0.1) is 0 Å². The van der Waals surface area contributed by atoms with Gasteiger partial charge in [0, 0.05) is 29.1 Å². The van der Waals surface area contributed by atoms with E-state index in [-0.39, 0.29) is 0 Å². The summed E-state index contributed by atoms with van der Waals surface area (Å²) >= 11 is 9.69. The van der Waals surface area contributed by atoms with E-state index in [1.165, 1.54) is 37.1 Å². The lowest BCUT2D eigenvalue weighted by molar-refractivity contribution is 0.706. The molecule has 2 rings (SSSR count). The highest BCUT2D eigenvalue weighted by Gasteiger charge is 2.25. The van der Waals surface area contributed by atoms with Crippen molar-refractivity contribution in [3.63, 3.8) is 0 Å². The summed E-state index contributed by atoms with van der Waals surface area (Å²) in [5, 5.41) is 1.73. The Morgan fingerprint density at radius 1 is 1.41 bits per heavy atom. The van der Waals surface area contributed by atoms with Crippen molar-refractivity contribution in [2.45, 2.75) is 31.5 Å². The van der Waals surface area contributed by atoms with Crippen molar-refractivity contribution in [1.29, 1.82) is 0 Å². The standard InChI is InChI=1S/C14H19BrClN/c1-2-7-17(10-11-3-4-11)14-8-13(16)6-5-12(14)9-15/h5-6,8,11H,2-4,7,9-10H2,1H3. The van der Waals surface area contributed by atoms with E-state index in [0.717, 1.165) is 22.8 Å². The average Bonchev–Trinajstić information content (AvgIpc) is 3.12. The zero-order chi connectivity index (χ0) is 12.3. The van der Waals surface area contributed by atoms with Gasteiger partial charge in [0.15, 0.2) is 0 Å². The van der Waals surface area contributed by atoms with Gasteiger partial charge in [0.25, 0.3) is 0 Å². The van der Waals surface area contributed by atoms with Gasteiger partial charge >= 0.3 is 0 Å². The zero-order valence-electron chi connectivity index (χ0n) is 10.3. The number of alkyl halides is 1. The first-order chi connectivity index (χ1) is 8.24. The molecule has 1 aliphatic rings. The summed E-state index contributed by atoms with van der Waals surface area (Å²) in [6, 6.07) is 6.21. The highest BCUT2D eigenvalue weighted by Crippen LogP contribution is 2.34. The number of rotatable bonds is 6. The molecule has 0 unspecified atom stereocenters. The van der Waals surface area contributed by atoms with Gasteiger partial charge in [-0.1, -0.05) is 40.5 Å². The predicted octanol–water partition coefficient (Wildman–Crippen LogP) is 4.86. The minimum absolute atomic E-state index is 0.835. The van der Waals surface area contributed by atoms with Gasteiger partial charge in [0.2, 0.25) is 0 Å². The van der Waals surface area contributed by atoms with Crippen molar-refractivity contribution in [2.24, 2.45) is 5.92 Å². The molecule has 0 amide bonds. The maximum Gasteiger partial charge on any atom is 0.0426 e. The topological polar surface area (TPSA) is 3.24 Å². The minimum atomic E-state index is 0.835. The Morgan fingerprint density at radius 2 is 2.18 bits per heavy atom. The van der Waals surface area contributed by atoms with E-state index < -0.39 is 0 Å². The maximum atomic E-state index is 6.13. The number of anilines is 1. The third-order valence-corrected chi connectivity index (χ3v) is 4.04. The predicted molar refractivity (Wildman–Crippen MR) is 79.3 cm³/mol. The molecule has 0 bridgehead atoms. The van der Waals surface area contributed by atoms with Gasteiger partial charge in [-0.15, -0.1) is 0 Å². The maximum absolute atomic E-state index is 6.13. The van der Waals surface area contributed by atoms with Crippen molar-refractivity contribution in [3.8, 4) is 0 Å². The Morgan fingerprint density at radius 3 is 2.76 bits per heavy atom. The first-order valence-electron chi connectivity index (χ1n) is 6.34. The van der Waals surface area contributed by atoms with Crippen molar-refractivity contribution in [3.05, 3.63) is 28.8 Å². The van der Waals surface area contributed by atoms with Crippen LogP contribution in [0.3, 0.4) is 0 Å². The van der Waals surface area contributed by atoms with E-state index in [1.54, 1.807) is 0 Å². The Hall–Kier alpha value is -0.210. The molecule has 1 saturated carbocycles. The molecule has 1 nitrogen and oxygen atoms in total. The van der Waals surface area contributed by atoms with E-state index in [9.17, 15) is 0 Å². The van der Waals surface area contributed by atoms with Crippen LogP contribution in [0.2, 0.25) is 5.02 Å². The molecule has 0 saturated heterocycles. The first kappa shape index (κ1) is 13.2. The van der Waals surface area contributed by atoms with Gasteiger partial charge in [-0.05, 0) is 42.9 Å². The van der Waals surface area contributed by atoms with Gasteiger partial charge in [-0.3, -0.25) is 0 Å². The molecule has 0 N–H and O–H groups in total. The summed E-state index contributed by atoms with van der Waals surface area (Å²) < 4.78 is 0. The van der Waals surface area contributed by atoms with Crippen LogP contribution in [0.1, 0.15) is 31.7 Å². The fourth-order valence-electron chi connectivity index (χ4n) is 2.14. The molecule has 1 aromatic rings. The van der Waals surface area contributed by atoms with Crippen LogP contribution < -0.4 is 4.90 Å². The molecule has 1 aliphatic carbocycles. The van der Waals surface area contributed by atoms with E-state index in [4.69, 9.17) is 11.6 Å². The molecule has 0 aliphatic heterocycles. The number of halogens is 2. The fraction of sp³-hybridized carbons (Fsp3) is 0.571. The largest absolute Gasteiger partial charge is 0.371 e.